The lowest BCUT2D eigenvalue weighted by Gasteiger charge is -2.12. The quantitative estimate of drug-likeness (QED) is 0.852. The van der Waals surface area contributed by atoms with Crippen LogP contribution in [0.1, 0.15) is 11.0 Å². The number of thiophene rings is 1. The Labute approximate surface area is 121 Å². The molecule has 20 heavy (non-hydrogen) atoms. The number of aliphatic hydroxyl groups excluding tert-OH is 1. The van der Waals surface area contributed by atoms with Crippen LogP contribution in [-0.2, 0) is 10.0 Å². The SMILES string of the molecule is COc1ccccc1S(=O)(=O)NCC(O)c1cccs1. The van der Waals surface area contributed by atoms with Gasteiger partial charge in [-0.25, -0.2) is 13.1 Å². The Kier molecular flexibility index (Phi) is 4.77. The highest BCUT2D eigenvalue weighted by atomic mass is 32.2. The Morgan fingerprint density at radius 3 is 2.70 bits per heavy atom. The Balaban J connectivity index is 2.12. The summed E-state index contributed by atoms with van der Waals surface area (Å²) in [4.78, 5) is 0.772. The highest BCUT2D eigenvalue weighted by Crippen LogP contribution is 2.23. The summed E-state index contributed by atoms with van der Waals surface area (Å²) in [5.74, 6) is 0.269. The second-order valence-corrected chi connectivity index (χ2v) is 6.75. The van der Waals surface area contributed by atoms with Crippen LogP contribution >= 0.6 is 11.3 Å². The number of ether oxygens (including phenoxy) is 1. The van der Waals surface area contributed by atoms with E-state index in [1.807, 2.05) is 5.38 Å². The van der Waals surface area contributed by atoms with Crippen molar-refractivity contribution in [1.82, 2.24) is 4.72 Å². The van der Waals surface area contributed by atoms with Gasteiger partial charge >= 0.3 is 0 Å². The molecule has 0 amide bonds. The van der Waals surface area contributed by atoms with E-state index in [1.165, 1.54) is 24.5 Å². The van der Waals surface area contributed by atoms with Gasteiger partial charge in [0.25, 0.3) is 0 Å². The molecule has 0 spiro atoms. The fourth-order valence-corrected chi connectivity index (χ4v) is 3.61. The first-order chi connectivity index (χ1) is 9.54. The van der Waals surface area contributed by atoms with Crippen molar-refractivity contribution in [2.45, 2.75) is 11.0 Å². The van der Waals surface area contributed by atoms with Gasteiger partial charge in [0.2, 0.25) is 10.0 Å². The molecule has 108 valence electrons. The van der Waals surface area contributed by atoms with Gasteiger partial charge in [-0.05, 0) is 23.6 Å². The highest BCUT2D eigenvalue weighted by Gasteiger charge is 2.20. The van der Waals surface area contributed by atoms with Gasteiger partial charge in [0.05, 0.1) is 7.11 Å². The van der Waals surface area contributed by atoms with E-state index in [0.717, 1.165) is 0 Å². The molecule has 0 bridgehead atoms. The van der Waals surface area contributed by atoms with Gasteiger partial charge < -0.3 is 9.84 Å². The lowest BCUT2D eigenvalue weighted by molar-refractivity contribution is 0.185. The van der Waals surface area contributed by atoms with Crippen LogP contribution in [0.3, 0.4) is 0 Å². The second-order valence-electron chi connectivity index (χ2n) is 4.03. The highest BCUT2D eigenvalue weighted by molar-refractivity contribution is 7.89. The van der Waals surface area contributed by atoms with E-state index in [0.29, 0.717) is 4.88 Å². The maximum Gasteiger partial charge on any atom is 0.244 e. The van der Waals surface area contributed by atoms with Crippen molar-refractivity contribution in [3.8, 4) is 5.75 Å². The summed E-state index contributed by atoms with van der Waals surface area (Å²) < 4.78 is 31.8. The summed E-state index contributed by atoms with van der Waals surface area (Å²) in [6, 6.07) is 9.90. The lowest BCUT2D eigenvalue weighted by atomic mass is 10.3. The lowest BCUT2D eigenvalue weighted by Crippen LogP contribution is -2.28. The molecule has 2 N–H and O–H groups in total. The van der Waals surface area contributed by atoms with Crippen LogP contribution in [0.4, 0.5) is 0 Å². The van der Waals surface area contributed by atoms with E-state index in [4.69, 9.17) is 4.74 Å². The third-order valence-electron chi connectivity index (χ3n) is 2.70. The number of methoxy groups -OCH3 is 1. The van der Waals surface area contributed by atoms with Crippen LogP contribution in [-0.4, -0.2) is 27.2 Å². The van der Waals surface area contributed by atoms with Crippen LogP contribution in [0.15, 0.2) is 46.7 Å². The van der Waals surface area contributed by atoms with Crippen molar-refractivity contribution in [2.75, 3.05) is 13.7 Å². The van der Waals surface area contributed by atoms with Gasteiger partial charge in [-0.1, -0.05) is 18.2 Å². The standard InChI is InChI=1S/C13H15NO4S2/c1-18-11-5-2-3-7-13(11)20(16,17)14-9-10(15)12-6-4-8-19-12/h2-8,10,14-15H,9H2,1H3. The number of benzene rings is 1. The Bertz CT molecular complexity index is 653. The van der Waals surface area contributed by atoms with Gasteiger partial charge in [-0.15, -0.1) is 11.3 Å². The first-order valence-electron chi connectivity index (χ1n) is 5.89. The minimum atomic E-state index is -3.72. The third kappa shape index (κ3) is 3.37. The van der Waals surface area contributed by atoms with Crippen molar-refractivity contribution in [2.24, 2.45) is 0 Å². The molecule has 1 unspecified atom stereocenters. The summed E-state index contributed by atoms with van der Waals surface area (Å²) in [5, 5.41) is 11.7. The van der Waals surface area contributed by atoms with Gasteiger partial charge in [0, 0.05) is 11.4 Å². The average molecular weight is 313 g/mol. The van der Waals surface area contributed by atoms with E-state index < -0.39 is 16.1 Å². The van der Waals surface area contributed by atoms with Gasteiger partial charge in [-0.2, -0.15) is 0 Å². The van der Waals surface area contributed by atoms with Gasteiger partial charge in [0.1, 0.15) is 16.7 Å². The Morgan fingerprint density at radius 2 is 2.05 bits per heavy atom. The predicted molar refractivity (Wildman–Crippen MR) is 77.5 cm³/mol. The monoisotopic (exact) mass is 313 g/mol. The van der Waals surface area contributed by atoms with E-state index in [2.05, 4.69) is 4.72 Å². The molecule has 1 atom stereocenters. The fraction of sp³-hybridized carbons (Fsp3) is 0.231. The summed E-state index contributed by atoms with van der Waals surface area (Å²) in [6.07, 6.45) is -0.862. The molecule has 0 aliphatic heterocycles. The molecule has 0 aliphatic carbocycles. The molecule has 0 saturated carbocycles. The number of sulfonamides is 1. The van der Waals surface area contributed by atoms with Crippen LogP contribution < -0.4 is 9.46 Å². The number of rotatable bonds is 6. The minimum Gasteiger partial charge on any atom is -0.495 e. The molecule has 0 aliphatic rings. The number of aliphatic hydroxyl groups is 1. The number of hydrogen-bond donors (Lipinski definition) is 2. The molecule has 1 aromatic carbocycles. The van der Waals surface area contributed by atoms with Gasteiger partial charge in [0.15, 0.2) is 0 Å². The normalized spacial score (nSPS) is 13.1. The van der Waals surface area contributed by atoms with Gasteiger partial charge in [-0.3, -0.25) is 0 Å². The zero-order chi connectivity index (χ0) is 14.6. The van der Waals surface area contributed by atoms with Crippen LogP contribution in [0.5, 0.6) is 5.75 Å². The minimum absolute atomic E-state index is 0.0564. The topological polar surface area (TPSA) is 75.6 Å². The number of hydrogen-bond acceptors (Lipinski definition) is 5. The van der Waals surface area contributed by atoms with E-state index in [9.17, 15) is 13.5 Å². The Hall–Kier alpha value is -1.41. The molecule has 2 rings (SSSR count). The van der Waals surface area contributed by atoms with Crippen molar-refractivity contribution < 1.29 is 18.3 Å². The molecule has 7 heteroatoms. The molecule has 2 aromatic rings. The average Bonchev–Trinajstić information content (AvgIpc) is 2.99. The molecule has 5 nitrogen and oxygen atoms in total. The van der Waals surface area contributed by atoms with E-state index in [1.54, 1.807) is 30.3 Å². The zero-order valence-corrected chi connectivity index (χ0v) is 12.4. The van der Waals surface area contributed by atoms with E-state index >= 15 is 0 Å². The molecular formula is C13H15NO4S2. The maximum absolute atomic E-state index is 12.2. The number of nitrogens with one attached hydrogen (secondary N) is 1. The molecular weight excluding hydrogens is 298 g/mol. The van der Waals surface area contributed by atoms with Crippen LogP contribution in [0.25, 0.3) is 0 Å². The number of para-hydroxylation sites is 1. The third-order valence-corrected chi connectivity index (χ3v) is 5.13. The fourth-order valence-electron chi connectivity index (χ4n) is 1.69. The summed E-state index contributed by atoms with van der Waals surface area (Å²) in [7, 11) is -2.31. The Morgan fingerprint density at radius 1 is 1.30 bits per heavy atom. The van der Waals surface area contributed by atoms with Crippen molar-refractivity contribution in [1.29, 1.82) is 0 Å². The molecule has 1 heterocycles. The largest absolute Gasteiger partial charge is 0.495 e. The first-order valence-corrected chi connectivity index (χ1v) is 8.25. The molecule has 0 saturated heterocycles. The summed E-state index contributed by atoms with van der Waals surface area (Å²) in [5.41, 5.74) is 0. The van der Waals surface area contributed by atoms with Crippen LogP contribution in [0.2, 0.25) is 0 Å². The summed E-state index contributed by atoms with van der Waals surface area (Å²) in [6.45, 7) is -0.0824. The van der Waals surface area contributed by atoms with Crippen molar-refractivity contribution in [3.05, 3.63) is 46.7 Å². The zero-order valence-electron chi connectivity index (χ0n) is 10.8. The second kappa shape index (κ2) is 6.36. The summed E-state index contributed by atoms with van der Waals surface area (Å²) >= 11 is 1.38. The molecule has 0 fully saturated rings. The van der Waals surface area contributed by atoms with E-state index in [-0.39, 0.29) is 17.2 Å². The molecule has 1 aromatic heterocycles. The molecule has 0 radical (unpaired) electrons. The smallest absolute Gasteiger partial charge is 0.244 e. The van der Waals surface area contributed by atoms with Crippen molar-refractivity contribution in [3.63, 3.8) is 0 Å². The first kappa shape index (κ1) is 15.0. The van der Waals surface area contributed by atoms with Crippen molar-refractivity contribution >= 4 is 21.4 Å². The maximum atomic E-state index is 12.2. The predicted octanol–water partition coefficient (Wildman–Crippen LogP) is 1.77. The van der Waals surface area contributed by atoms with Crippen LogP contribution in [0, 0.1) is 0 Å².